The van der Waals surface area contributed by atoms with Crippen molar-refractivity contribution in [3.05, 3.63) is 50.1 Å². The summed E-state index contributed by atoms with van der Waals surface area (Å²) in [5.41, 5.74) is 2.69. The fourth-order valence-corrected chi connectivity index (χ4v) is 3.55. The molecule has 5 heteroatoms. The van der Waals surface area contributed by atoms with Crippen LogP contribution in [0, 0.1) is 6.92 Å². The molecule has 0 bridgehead atoms. The lowest BCUT2D eigenvalue weighted by atomic mass is 10.1. The van der Waals surface area contributed by atoms with Gasteiger partial charge < -0.3 is 10.6 Å². The van der Waals surface area contributed by atoms with Crippen LogP contribution < -0.4 is 10.6 Å². The van der Waals surface area contributed by atoms with Gasteiger partial charge in [-0.2, -0.15) is 0 Å². The van der Waals surface area contributed by atoms with Crippen molar-refractivity contribution in [3.63, 3.8) is 0 Å². The van der Waals surface area contributed by atoms with Crippen LogP contribution in [0.1, 0.15) is 27.7 Å². The number of hydrogen-bond donors (Lipinski definition) is 2. The molecule has 0 saturated carbocycles. The Balaban J connectivity index is 1.97. The van der Waals surface area contributed by atoms with Crippen molar-refractivity contribution in [2.24, 2.45) is 0 Å². The second kappa shape index (κ2) is 7.61. The van der Waals surface area contributed by atoms with Crippen molar-refractivity contribution in [1.29, 1.82) is 0 Å². The molecule has 2 rings (SSSR count). The predicted molar refractivity (Wildman–Crippen MR) is 93.4 cm³/mol. The van der Waals surface area contributed by atoms with Gasteiger partial charge in [-0.25, -0.2) is 0 Å². The minimum atomic E-state index is -0.0229. The number of amides is 1. The van der Waals surface area contributed by atoms with Gasteiger partial charge in [0.1, 0.15) is 0 Å². The Hall–Kier alpha value is -1.33. The van der Waals surface area contributed by atoms with Crippen LogP contribution in [-0.2, 0) is 6.42 Å². The Morgan fingerprint density at radius 3 is 2.76 bits per heavy atom. The van der Waals surface area contributed by atoms with Gasteiger partial charge in [0.15, 0.2) is 0 Å². The third-order valence-electron chi connectivity index (χ3n) is 3.07. The van der Waals surface area contributed by atoms with Crippen LogP contribution in [-0.4, -0.2) is 19.0 Å². The maximum Gasteiger partial charge on any atom is 0.253 e. The Kier molecular flexibility index (Phi) is 5.82. The molecule has 112 valence electrons. The van der Waals surface area contributed by atoms with Gasteiger partial charge in [-0.15, -0.1) is 11.3 Å². The van der Waals surface area contributed by atoms with Gasteiger partial charge in [0.05, 0.1) is 9.35 Å². The minimum Gasteiger partial charge on any atom is -0.385 e. The molecule has 0 radical (unpaired) electrons. The van der Waals surface area contributed by atoms with Crippen molar-refractivity contribution in [1.82, 2.24) is 5.32 Å². The molecular weight excluding hydrogens is 348 g/mol. The summed E-state index contributed by atoms with van der Waals surface area (Å²) in [6.07, 6.45) is 0.852. The smallest absolute Gasteiger partial charge is 0.253 e. The second-order valence-corrected chi connectivity index (χ2v) is 7.34. The highest BCUT2D eigenvalue weighted by Crippen LogP contribution is 2.22. The molecule has 0 unspecified atom stereocenters. The highest BCUT2D eigenvalue weighted by Gasteiger charge is 2.11. The summed E-state index contributed by atoms with van der Waals surface area (Å²) in [6.45, 7) is 5.46. The monoisotopic (exact) mass is 366 g/mol. The zero-order chi connectivity index (χ0) is 15.2. The van der Waals surface area contributed by atoms with Gasteiger partial charge in [-0.1, -0.05) is 11.6 Å². The van der Waals surface area contributed by atoms with Crippen LogP contribution in [0.25, 0.3) is 0 Å². The second-order valence-electron chi connectivity index (χ2n) is 4.79. The van der Waals surface area contributed by atoms with Crippen LogP contribution in [0.4, 0.5) is 5.69 Å². The standard InChI is InChI=1S/C16H19BrN2OS/c1-3-18-14-6-4-11(2)10-13(14)16(20)19-9-8-12-5-7-15(17)21-12/h4-7,10,18H,3,8-9H2,1-2H3,(H,19,20). The van der Waals surface area contributed by atoms with Gasteiger partial charge in [-0.3, -0.25) is 4.79 Å². The zero-order valence-electron chi connectivity index (χ0n) is 12.2. The van der Waals surface area contributed by atoms with E-state index in [4.69, 9.17) is 0 Å². The number of aryl methyl sites for hydroxylation is 1. The largest absolute Gasteiger partial charge is 0.385 e. The van der Waals surface area contributed by atoms with Crippen LogP contribution in [0.2, 0.25) is 0 Å². The minimum absolute atomic E-state index is 0.0229. The summed E-state index contributed by atoms with van der Waals surface area (Å²) in [5, 5.41) is 6.23. The number of thiophene rings is 1. The molecule has 1 aromatic carbocycles. The highest BCUT2D eigenvalue weighted by molar-refractivity contribution is 9.11. The molecule has 0 aliphatic carbocycles. The molecule has 3 nitrogen and oxygen atoms in total. The summed E-state index contributed by atoms with van der Waals surface area (Å²) in [5.74, 6) is -0.0229. The lowest BCUT2D eigenvalue weighted by Crippen LogP contribution is -2.26. The van der Waals surface area contributed by atoms with Gasteiger partial charge in [-0.05, 0) is 60.5 Å². The molecular formula is C16H19BrN2OS. The fourth-order valence-electron chi connectivity index (χ4n) is 2.07. The first-order valence-corrected chi connectivity index (χ1v) is 8.58. The topological polar surface area (TPSA) is 41.1 Å². The molecule has 21 heavy (non-hydrogen) atoms. The van der Waals surface area contributed by atoms with Crippen molar-refractivity contribution < 1.29 is 4.79 Å². The number of benzene rings is 1. The third kappa shape index (κ3) is 4.58. The Morgan fingerprint density at radius 2 is 2.10 bits per heavy atom. The van der Waals surface area contributed by atoms with E-state index in [9.17, 15) is 4.79 Å². The van der Waals surface area contributed by atoms with Crippen molar-refractivity contribution in [2.45, 2.75) is 20.3 Å². The molecule has 0 saturated heterocycles. The maximum atomic E-state index is 12.3. The Labute approximate surface area is 137 Å². The number of hydrogen-bond acceptors (Lipinski definition) is 3. The summed E-state index contributed by atoms with van der Waals surface area (Å²) in [6, 6.07) is 10.0. The van der Waals surface area contributed by atoms with E-state index in [2.05, 4.69) is 32.6 Å². The lowest BCUT2D eigenvalue weighted by Gasteiger charge is -2.12. The first-order valence-electron chi connectivity index (χ1n) is 6.97. The molecule has 0 aliphatic heterocycles. The van der Waals surface area contributed by atoms with E-state index < -0.39 is 0 Å². The van der Waals surface area contributed by atoms with Gasteiger partial charge >= 0.3 is 0 Å². The Bertz CT molecular complexity index is 624. The number of anilines is 1. The molecule has 1 amide bonds. The quantitative estimate of drug-likeness (QED) is 0.803. The van der Waals surface area contributed by atoms with E-state index in [0.29, 0.717) is 12.1 Å². The number of carbonyl (C=O) groups excluding carboxylic acids is 1. The van der Waals surface area contributed by atoms with Crippen molar-refractivity contribution in [2.75, 3.05) is 18.4 Å². The summed E-state index contributed by atoms with van der Waals surface area (Å²) in [7, 11) is 0. The van der Waals surface area contributed by atoms with Crippen molar-refractivity contribution in [3.8, 4) is 0 Å². The third-order valence-corrected chi connectivity index (χ3v) is 4.76. The SMILES string of the molecule is CCNc1ccc(C)cc1C(=O)NCCc1ccc(Br)s1. The summed E-state index contributed by atoms with van der Waals surface area (Å²) in [4.78, 5) is 13.6. The first-order chi connectivity index (χ1) is 10.1. The summed E-state index contributed by atoms with van der Waals surface area (Å²) >= 11 is 5.15. The van der Waals surface area contributed by atoms with Crippen LogP contribution in [0.3, 0.4) is 0 Å². The van der Waals surface area contributed by atoms with Gasteiger partial charge in [0.2, 0.25) is 0 Å². The average molecular weight is 367 g/mol. The van der Waals surface area contributed by atoms with Gasteiger partial charge in [0.25, 0.3) is 5.91 Å². The van der Waals surface area contributed by atoms with E-state index in [1.54, 1.807) is 11.3 Å². The van der Waals surface area contributed by atoms with Gasteiger partial charge in [0, 0.05) is 23.7 Å². The van der Waals surface area contributed by atoms with Crippen molar-refractivity contribution >= 4 is 38.9 Å². The van der Waals surface area contributed by atoms with E-state index >= 15 is 0 Å². The lowest BCUT2D eigenvalue weighted by molar-refractivity contribution is 0.0955. The molecule has 0 spiro atoms. The fraction of sp³-hybridized carbons (Fsp3) is 0.312. The first kappa shape index (κ1) is 16.0. The number of rotatable bonds is 6. The molecule has 0 atom stereocenters. The maximum absolute atomic E-state index is 12.3. The molecule has 2 aromatic rings. The van der Waals surface area contributed by atoms with E-state index in [0.717, 1.165) is 28.0 Å². The number of carbonyl (C=O) groups is 1. The van der Waals surface area contributed by atoms with Crippen LogP contribution >= 0.6 is 27.3 Å². The number of nitrogens with one attached hydrogen (secondary N) is 2. The normalized spacial score (nSPS) is 10.4. The Morgan fingerprint density at radius 1 is 1.29 bits per heavy atom. The van der Waals surface area contributed by atoms with Crippen LogP contribution in [0.5, 0.6) is 0 Å². The number of halogens is 1. The van der Waals surface area contributed by atoms with E-state index in [-0.39, 0.29) is 5.91 Å². The van der Waals surface area contributed by atoms with Crippen LogP contribution in [0.15, 0.2) is 34.1 Å². The molecule has 1 heterocycles. The molecule has 1 aromatic heterocycles. The summed E-state index contributed by atoms with van der Waals surface area (Å²) < 4.78 is 1.12. The molecule has 0 aliphatic rings. The zero-order valence-corrected chi connectivity index (χ0v) is 14.6. The molecule has 2 N–H and O–H groups in total. The van der Waals surface area contributed by atoms with E-state index in [1.165, 1.54) is 4.88 Å². The predicted octanol–water partition coefficient (Wildman–Crippen LogP) is 4.22. The van der Waals surface area contributed by atoms with E-state index in [1.807, 2.05) is 38.1 Å². The highest BCUT2D eigenvalue weighted by atomic mass is 79.9. The molecule has 0 fully saturated rings. The average Bonchev–Trinajstić information content (AvgIpc) is 2.86.